The van der Waals surface area contributed by atoms with Gasteiger partial charge in [-0.05, 0) is 31.9 Å². The zero-order valence-electron chi connectivity index (χ0n) is 14.9. The lowest BCUT2D eigenvalue weighted by Crippen LogP contribution is -3.08. The highest BCUT2D eigenvalue weighted by Gasteiger charge is 2.24. The minimum atomic E-state index is -0.416. The molecule has 1 unspecified atom stereocenters. The summed E-state index contributed by atoms with van der Waals surface area (Å²) in [5.74, 6) is -0.419. The van der Waals surface area contributed by atoms with Crippen molar-refractivity contribution in [2.75, 3.05) is 20.7 Å². The minimum absolute atomic E-state index is 0.00293. The number of ketones is 1. The van der Waals surface area contributed by atoms with Gasteiger partial charge in [-0.2, -0.15) is 0 Å². The Balaban J connectivity index is 2.13. The molecule has 1 heterocycles. The number of H-pyrrole nitrogens is 1. The average Bonchev–Trinajstić information content (AvgIpc) is 2.83. The van der Waals surface area contributed by atoms with E-state index in [2.05, 4.69) is 24.0 Å². The van der Waals surface area contributed by atoms with Crippen molar-refractivity contribution < 1.29 is 19.2 Å². The van der Waals surface area contributed by atoms with Gasteiger partial charge in [-0.15, -0.1) is 0 Å². The lowest BCUT2D eigenvalue weighted by Gasteiger charge is -2.14. The third-order valence-electron chi connectivity index (χ3n) is 4.32. The first-order valence-electron chi connectivity index (χ1n) is 8.01. The van der Waals surface area contributed by atoms with Crippen molar-refractivity contribution in [1.82, 2.24) is 4.98 Å². The van der Waals surface area contributed by atoms with Crippen LogP contribution in [0.5, 0.6) is 0 Å². The van der Waals surface area contributed by atoms with Crippen LogP contribution in [-0.2, 0) is 11.3 Å². The van der Waals surface area contributed by atoms with E-state index in [-0.39, 0.29) is 5.78 Å². The number of Topliss-reactive ketones (excluding diaryl/α,β-unsaturated/α-hetero) is 1. The van der Waals surface area contributed by atoms with Gasteiger partial charge in [-0.25, -0.2) is 4.79 Å². The molecule has 1 aromatic heterocycles. The number of carbonyl (C=O) groups is 2. The Labute approximate surface area is 142 Å². The smallest absolute Gasteiger partial charge is 0.339 e. The Bertz CT molecular complexity index is 762. The number of hydrogen-bond acceptors (Lipinski definition) is 3. The number of quaternary nitrogens is 1. The van der Waals surface area contributed by atoms with Crippen LogP contribution >= 0.6 is 0 Å². The largest absolute Gasteiger partial charge is 0.465 e. The number of nitrogens with one attached hydrogen (secondary N) is 2. The van der Waals surface area contributed by atoms with Gasteiger partial charge in [0.1, 0.15) is 13.1 Å². The Morgan fingerprint density at radius 1 is 1.17 bits per heavy atom. The molecule has 0 spiro atoms. The molecule has 5 nitrogen and oxygen atoms in total. The van der Waals surface area contributed by atoms with Crippen LogP contribution < -0.4 is 4.90 Å². The maximum atomic E-state index is 12.6. The summed E-state index contributed by atoms with van der Waals surface area (Å²) in [6, 6.07) is 8.19. The molecule has 0 saturated carbocycles. The van der Waals surface area contributed by atoms with Gasteiger partial charge in [0.15, 0.2) is 0 Å². The fourth-order valence-corrected chi connectivity index (χ4v) is 3.00. The van der Waals surface area contributed by atoms with E-state index in [0.29, 0.717) is 29.1 Å². The molecule has 1 aromatic carbocycles. The van der Waals surface area contributed by atoms with Crippen molar-refractivity contribution in [1.29, 1.82) is 0 Å². The number of likely N-dealkylation sites (N-methyl/N-ethyl adjacent to an activating group) is 1. The molecule has 0 bridgehead atoms. The zero-order valence-corrected chi connectivity index (χ0v) is 14.9. The number of rotatable bonds is 6. The Hall–Kier alpha value is -2.40. The minimum Gasteiger partial charge on any atom is -0.465 e. The number of esters is 1. The molecule has 2 aromatic rings. The molecule has 0 aliphatic carbocycles. The molecule has 0 amide bonds. The van der Waals surface area contributed by atoms with Crippen LogP contribution in [0.25, 0.3) is 0 Å². The topological polar surface area (TPSA) is 63.6 Å². The van der Waals surface area contributed by atoms with E-state index in [4.69, 9.17) is 4.74 Å². The van der Waals surface area contributed by atoms with Crippen molar-refractivity contribution in [3.05, 3.63) is 57.9 Å². The molecular formula is C19H25N2O3+. The molecule has 2 N–H and O–H groups in total. The number of aromatic nitrogens is 1. The summed E-state index contributed by atoms with van der Waals surface area (Å²) in [4.78, 5) is 28.6. The van der Waals surface area contributed by atoms with E-state index in [1.807, 2.05) is 19.2 Å². The summed E-state index contributed by atoms with van der Waals surface area (Å²) in [5, 5.41) is 0. The van der Waals surface area contributed by atoms with Crippen LogP contribution in [0.4, 0.5) is 0 Å². The fraction of sp³-hybridized carbons (Fsp3) is 0.368. The van der Waals surface area contributed by atoms with E-state index in [9.17, 15) is 9.59 Å². The fourth-order valence-electron chi connectivity index (χ4n) is 3.00. The average molecular weight is 329 g/mol. The van der Waals surface area contributed by atoms with E-state index < -0.39 is 5.97 Å². The number of aromatic amines is 1. The molecule has 0 saturated heterocycles. The van der Waals surface area contributed by atoms with Gasteiger partial charge in [0.05, 0.1) is 25.4 Å². The maximum Gasteiger partial charge on any atom is 0.339 e. The second-order valence-electron chi connectivity index (χ2n) is 6.28. The second-order valence-corrected chi connectivity index (χ2v) is 6.28. The number of hydrogen-bond donors (Lipinski definition) is 2. The molecule has 0 aliphatic rings. The van der Waals surface area contributed by atoms with E-state index >= 15 is 0 Å². The lowest BCUT2D eigenvalue weighted by molar-refractivity contribution is -0.884. The quantitative estimate of drug-likeness (QED) is 0.625. The summed E-state index contributed by atoms with van der Waals surface area (Å²) in [7, 11) is 3.34. The van der Waals surface area contributed by atoms with Gasteiger partial charge >= 0.3 is 5.97 Å². The van der Waals surface area contributed by atoms with E-state index in [1.54, 1.807) is 13.8 Å². The first-order valence-corrected chi connectivity index (χ1v) is 8.01. The van der Waals surface area contributed by atoms with Crippen molar-refractivity contribution in [2.45, 2.75) is 27.3 Å². The van der Waals surface area contributed by atoms with Crippen molar-refractivity contribution in [3.8, 4) is 0 Å². The maximum absolute atomic E-state index is 12.6. The Kier molecular flexibility index (Phi) is 5.57. The molecule has 2 rings (SSSR count). The molecule has 0 fully saturated rings. The van der Waals surface area contributed by atoms with Gasteiger partial charge in [-0.1, -0.05) is 24.3 Å². The molecule has 128 valence electrons. The van der Waals surface area contributed by atoms with Gasteiger partial charge in [0.25, 0.3) is 0 Å². The summed E-state index contributed by atoms with van der Waals surface area (Å²) in [6.07, 6.45) is 0. The number of aryl methyl sites for hydroxylation is 2. The number of benzene rings is 1. The van der Waals surface area contributed by atoms with Gasteiger partial charge in [0, 0.05) is 11.3 Å². The molecule has 1 atom stereocenters. The molecule has 5 heteroatoms. The summed E-state index contributed by atoms with van der Waals surface area (Å²) >= 11 is 0. The highest BCUT2D eigenvalue weighted by molar-refractivity contribution is 6.01. The SMILES string of the molecule is COC(=O)c1c(C)[nH]c(C(=O)C[NH+](C)Cc2ccccc2C)c1C. The van der Waals surface area contributed by atoms with Gasteiger partial charge < -0.3 is 14.6 Å². The number of carbonyl (C=O) groups excluding carboxylic acids is 2. The summed E-state index contributed by atoms with van der Waals surface area (Å²) < 4.78 is 4.79. The highest BCUT2D eigenvalue weighted by atomic mass is 16.5. The number of ether oxygens (including phenoxy) is 1. The van der Waals surface area contributed by atoms with Crippen molar-refractivity contribution >= 4 is 11.8 Å². The van der Waals surface area contributed by atoms with E-state index in [0.717, 1.165) is 11.4 Å². The monoisotopic (exact) mass is 329 g/mol. The van der Waals surface area contributed by atoms with Crippen LogP contribution in [0.2, 0.25) is 0 Å². The molecule has 24 heavy (non-hydrogen) atoms. The first-order chi connectivity index (χ1) is 11.3. The molecule has 0 radical (unpaired) electrons. The Morgan fingerprint density at radius 2 is 1.83 bits per heavy atom. The normalized spacial score (nSPS) is 12.0. The first kappa shape index (κ1) is 17.9. The summed E-state index contributed by atoms with van der Waals surface area (Å²) in [6.45, 7) is 6.77. The van der Waals surface area contributed by atoms with Crippen LogP contribution in [-0.4, -0.2) is 37.4 Å². The van der Waals surface area contributed by atoms with Crippen LogP contribution in [0.15, 0.2) is 24.3 Å². The van der Waals surface area contributed by atoms with Crippen LogP contribution in [0, 0.1) is 20.8 Å². The van der Waals surface area contributed by atoms with Crippen LogP contribution in [0.3, 0.4) is 0 Å². The second kappa shape index (κ2) is 7.45. The lowest BCUT2D eigenvalue weighted by atomic mass is 10.1. The van der Waals surface area contributed by atoms with Crippen molar-refractivity contribution in [2.24, 2.45) is 0 Å². The van der Waals surface area contributed by atoms with Gasteiger partial charge in [-0.3, -0.25) is 4.79 Å². The Morgan fingerprint density at radius 3 is 2.46 bits per heavy atom. The molecule has 0 aliphatic heterocycles. The van der Waals surface area contributed by atoms with Crippen LogP contribution in [0.1, 0.15) is 43.2 Å². The van der Waals surface area contributed by atoms with Crippen molar-refractivity contribution in [3.63, 3.8) is 0 Å². The third kappa shape index (κ3) is 3.74. The van der Waals surface area contributed by atoms with Gasteiger partial charge in [0.2, 0.25) is 5.78 Å². The zero-order chi connectivity index (χ0) is 17.9. The van der Waals surface area contributed by atoms with E-state index in [1.165, 1.54) is 18.2 Å². The predicted molar refractivity (Wildman–Crippen MR) is 92.6 cm³/mol. The highest BCUT2D eigenvalue weighted by Crippen LogP contribution is 2.19. The predicted octanol–water partition coefficient (Wildman–Crippen LogP) is 1.62. The summed E-state index contributed by atoms with van der Waals surface area (Å²) in [5.41, 5.74) is 4.74. The standard InChI is InChI=1S/C19H24N2O3/c1-12-8-6-7-9-15(12)10-21(4)11-16(22)18-13(2)17(14(3)20-18)19(23)24-5/h6-9,20H,10-11H2,1-5H3/p+1. The number of methoxy groups -OCH3 is 1. The third-order valence-corrected chi connectivity index (χ3v) is 4.32. The molecular weight excluding hydrogens is 304 g/mol.